The summed E-state index contributed by atoms with van der Waals surface area (Å²) in [4.78, 5) is 8.43. The summed E-state index contributed by atoms with van der Waals surface area (Å²) in [5.41, 5.74) is 3.19. The maximum absolute atomic E-state index is 13.7. The molecule has 7 heteroatoms. The van der Waals surface area contributed by atoms with Gasteiger partial charge in [0.15, 0.2) is 0 Å². The van der Waals surface area contributed by atoms with Crippen molar-refractivity contribution in [3.05, 3.63) is 47.8 Å². The Hall–Kier alpha value is -2.02. The van der Waals surface area contributed by atoms with Crippen LogP contribution in [-0.2, 0) is 6.54 Å². The van der Waals surface area contributed by atoms with Crippen LogP contribution in [0, 0.1) is 5.82 Å². The fourth-order valence-corrected chi connectivity index (χ4v) is 4.05. The lowest BCUT2D eigenvalue weighted by Gasteiger charge is -2.29. The number of halogens is 2. The van der Waals surface area contributed by atoms with E-state index < -0.39 is 0 Å². The lowest BCUT2D eigenvalue weighted by atomic mass is 9.97. The number of piperidine rings is 1. The molecule has 0 saturated carbocycles. The van der Waals surface area contributed by atoms with E-state index in [1.54, 1.807) is 12.5 Å². The Morgan fingerprint density at radius 1 is 1.30 bits per heavy atom. The average Bonchev–Trinajstić information content (AvgIpc) is 3.05. The molecule has 3 heterocycles. The van der Waals surface area contributed by atoms with Gasteiger partial charge in [-0.25, -0.2) is 9.37 Å². The normalized spacial score (nSPS) is 20.3. The van der Waals surface area contributed by atoms with Crippen molar-refractivity contribution in [2.45, 2.75) is 44.4 Å². The molecule has 1 fully saturated rings. The van der Waals surface area contributed by atoms with Crippen molar-refractivity contribution < 1.29 is 9.50 Å². The molecule has 0 aliphatic carbocycles. The smallest absolute Gasteiger partial charge is 0.142 e. The molecule has 1 aliphatic heterocycles. The zero-order valence-electron chi connectivity index (χ0n) is 14.9. The van der Waals surface area contributed by atoms with Gasteiger partial charge in [0, 0.05) is 34.9 Å². The fourth-order valence-electron chi connectivity index (χ4n) is 3.84. The number of imidazole rings is 1. The first-order valence-corrected chi connectivity index (χ1v) is 9.66. The van der Waals surface area contributed by atoms with Gasteiger partial charge in [0.05, 0.1) is 29.7 Å². The van der Waals surface area contributed by atoms with E-state index in [2.05, 4.69) is 19.9 Å². The zero-order chi connectivity index (χ0) is 18.8. The van der Waals surface area contributed by atoms with Crippen molar-refractivity contribution in [2.24, 2.45) is 0 Å². The average molecular weight is 389 g/mol. The Labute approximate surface area is 162 Å². The molecule has 2 atom stereocenters. The molecular weight excluding hydrogens is 367 g/mol. The minimum Gasteiger partial charge on any atom is -0.392 e. The first kappa shape index (κ1) is 18.3. The highest BCUT2D eigenvalue weighted by atomic mass is 35.5. The Balaban J connectivity index is 1.60. The maximum Gasteiger partial charge on any atom is 0.142 e. The van der Waals surface area contributed by atoms with Crippen LogP contribution in [-0.4, -0.2) is 38.3 Å². The minimum absolute atomic E-state index is 0.148. The molecule has 2 N–H and O–H groups in total. The summed E-state index contributed by atoms with van der Waals surface area (Å²) in [5, 5.41) is 14.1. The highest BCUT2D eigenvalue weighted by Crippen LogP contribution is 2.32. The van der Waals surface area contributed by atoms with E-state index in [9.17, 15) is 9.50 Å². The van der Waals surface area contributed by atoms with E-state index in [0.717, 1.165) is 55.4 Å². The summed E-state index contributed by atoms with van der Waals surface area (Å²) in [6, 6.07) is 5.24. The molecule has 142 valence electrons. The molecule has 2 aromatic heterocycles. The van der Waals surface area contributed by atoms with E-state index in [1.807, 2.05) is 12.1 Å². The molecule has 1 aromatic carbocycles. The molecule has 5 nitrogen and oxygen atoms in total. The molecular formula is C20H22ClFN4O. The second kappa shape index (κ2) is 7.92. The summed E-state index contributed by atoms with van der Waals surface area (Å²) < 4.78 is 15.7. The number of hydrogen-bond acceptors (Lipinski definition) is 4. The van der Waals surface area contributed by atoms with Crippen molar-refractivity contribution in [3.8, 4) is 11.1 Å². The second-order valence-corrected chi connectivity index (χ2v) is 7.50. The number of nitrogens with zero attached hydrogens (tertiary/aromatic N) is 3. The first-order chi connectivity index (χ1) is 13.1. The van der Waals surface area contributed by atoms with Gasteiger partial charge in [-0.1, -0.05) is 11.6 Å². The molecule has 0 amide bonds. The Bertz CT molecular complexity index is 945. The number of hydrogen-bond donors (Lipinski definition) is 2. The fraction of sp³-hybridized carbons (Fsp3) is 0.400. The summed E-state index contributed by atoms with van der Waals surface area (Å²) in [6.07, 6.45) is 8.03. The Kier molecular flexibility index (Phi) is 5.38. The number of fused-ring (bicyclic) bond motifs is 1. The Morgan fingerprint density at radius 3 is 3.00 bits per heavy atom. The number of aromatic nitrogens is 3. The van der Waals surface area contributed by atoms with E-state index in [1.165, 1.54) is 12.3 Å². The number of aliphatic hydroxyl groups is 1. The van der Waals surface area contributed by atoms with Crippen molar-refractivity contribution in [1.29, 1.82) is 0 Å². The SMILES string of the molecule is O[C@H]1CCCN[C@@H]1CCCn1cnc2cc(Cl)cc(-c3cncc(F)c3)c21. The van der Waals surface area contributed by atoms with Crippen LogP contribution in [0.4, 0.5) is 4.39 Å². The van der Waals surface area contributed by atoms with E-state index >= 15 is 0 Å². The predicted octanol–water partition coefficient (Wildman–Crippen LogP) is 3.78. The largest absolute Gasteiger partial charge is 0.392 e. The minimum atomic E-state index is -0.385. The molecule has 0 unspecified atom stereocenters. The van der Waals surface area contributed by atoms with Gasteiger partial charge in [0.2, 0.25) is 0 Å². The molecule has 0 bridgehead atoms. The molecule has 1 aliphatic rings. The maximum atomic E-state index is 13.7. The number of benzene rings is 1. The van der Waals surface area contributed by atoms with Gasteiger partial charge in [-0.15, -0.1) is 0 Å². The molecule has 1 saturated heterocycles. The van der Waals surface area contributed by atoms with Crippen LogP contribution in [0.15, 0.2) is 36.9 Å². The van der Waals surface area contributed by atoms with Crippen LogP contribution in [0.25, 0.3) is 22.2 Å². The number of nitrogens with one attached hydrogen (secondary N) is 1. The van der Waals surface area contributed by atoms with Crippen LogP contribution in [0.3, 0.4) is 0 Å². The molecule has 0 radical (unpaired) electrons. The summed E-state index contributed by atoms with van der Waals surface area (Å²) in [6.45, 7) is 1.73. The third-order valence-electron chi connectivity index (χ3n) is 5.16. The summed E-state index contributed by atoms with van der Waals surface area (Å²) in [5.74, 6) is -0.385. The first-order valence-electron chi connectivity index (χ1n) is 9.28. The van der Waals surface area contributed by atoms with Crippen LogP contribution in [0.1, 0.15) is 25.7 Å². The molecule has 0 spiro atoms. The zero-order valence-corrected chi connectivity index (χ0v) is 15.7. The lowest BCUT2D eigenvalue weighted by Crippen LogP contribution is -2.44. The van der Waals surface area contributed by atoms with Gasteiger partial charge >= 0.3 is 0 Å². The van der Waals surface area contributed by atoms with Crippen LogP contribution in [0.2, 0.25) is 5.02 Å². The predicted molar refractivity (Wildman–Crippen MR) is 104 cm³/mol. The monoisotopic (exact) mass is 388 g/mol. The topological polar surface area (TPSA) is 63.0 Å². The van der Waals surface area contributed by atoms with Gasteiger partial charge in [0.25, 0.3) is 0 Å². The molecule has 4 rings (SSSR count). The number of aryl methyl sites for hydroxylation is 1. The van der Waals surface area contributed by atoms with Crippen molar-refractivity contribution in [2.75, 3.05) is 6.54 Å². The van der Waals surface area contributed by atoms with E-state index in [0.29, 0.717) is 10.6 Å². The van der Waals surface area contributed by atoms with Gasteiger partial charge < -0.3 is 15.0 Å². The van der Waals surface area contributed by atoms with Crippen LogP contribution < -0.4 is 5.32 Å². The lowest BCUT2D eigenvalue weighted by molar-refractivity contribution is 0.0909. The van der Waals surface area contributed by atoms with Crippen LogP contribution >= 0.6 is 11.6 Å². The van der Waals surface area contributed by atoms with Gasteiger partial charge in [-0.05, 0) is 50.4 Å². The van der Waals surface area contributed by atoms with Gasteiger partial charge in [-0.2, -0.15) is 0 Å². The summed E-state index contributed by atoms with van der Waals surface area (Å²) >= 11 is 6.25. The third-order valence-corrected chi connectivity index (χ3v) is 5.37. The number of aliphatic hydroxyl groups excluding tert-OH is 1. The number of pyridine rings is 1. The third kappa shape index (κ3) is 3.98. The van der Waals surface area contributed by atoms with Crippen molar-refractivity contribution in [3.63, 3.8) is 0 Å². The standard InChI is InChI=1S/C20H22ClFN4O/c21-14-8-16(13-7-15(22)11-23-10-13)20-18(9-14)25-12-26(20)6-2-3-17-19(27)4-1-5-24-17/h7-12,17,19,24,27H,1-6H2/t17-,19+/m1/s1. The highest BCUT2D eigenvalue weighted by molar-refractivity contribution is 6.31. The number of rotatable bonds is 5. The van der Waals surface area contributed by atoms with Crippen molar-refractivity contribution >= 4 is 22.6 Å². The molecule has 3 aromatic rings. The van der Waals surface area contributed by atoms with E-state index in [-0.39, 0.29) is 18.0 Å². The molecule has 27 heavy (non-hydrogen) atoms. The highest BCUT2D eigenvalue weighted by Gasteiger charge is 2.22. The quantitative estimate of drug-likeness (QED) is 0.698. The van der Waals surface area contributed by atoms with Gasteiger partial charge in [0.1, 0.15) is 5.82 Å². The van der Waals surface area contributed by atoms with Crippen molar-refractivity contribution in [1.82, 2.24) is 19.9 Å². The van der Waals surface area contributed by atoms with Gasteiger partial charge in [-0.3, -0.25) is 4.98 Å². The Morgan fingerprint density at radius 2 is 2.19 bits per heavy atom. The van der Waals surface area contributed by atoms with Crippen LogP contribution in [0.5, 0.6) is 0 Å². The van der Waals surface area contributed by atoms with E-state index in [4.69, 9.17) is 11.6 Å². The summed E-state index contributed by atoms with van der Waals surface area (Å²) in [7, 11) is 0. The second-order valence-electron chi connectivity index (χ2n) is 7.06.